The molecule has 0 unspecified atom stereocenters. The molecule has 5 aliphatic rings. The molecule has 1 aliphatic heterocycles. The largest absolute Gasteiger partial charge is 0.393 e. The van der Waals surface area contributed by atoms with E-state index in [1.54, 1.807) is 0 Å². The third-order valence-corrected chi connectivity index (χ3v) is 9.18. The smallest absolute Gasteiger partial charge is 0.168 e. The molecule has 0 amide bonds. The van der Waals surface area contributed by atoms with Gasteiger partial charge >= 0.3 is 0 Å². The van der Waals surface area contributed by atoms with Crippen LogP contribution in [0.15, 0.2) is 0 Å². The second-order valence-corrected chi connectivity index (χ2v) is 10.2. The minimum absolute atomic E-state index is 0.0957. The number of ether oxygens (including phenoxy) is 2. The Balaban J connectivity index is 1.45. The van der Waals surface area contributed by atoms with Gasteiger partial charge in [0.2, 0.25) is 0 Å². The Labute approximate surface area is 146 Å². The second kappa shape index (κ2) is 5.20. The Morgan fingerprint density at radius 2 is 1.71 bits per heavy atom. The van der Waals surface area contributed by atoms with E-state index in [1.165, 1.54) is 38.5 Å². The lowest BCUT2D eigenvalue weighted by Gasteiger charge is -2.62. The molecule has 7 atom stereocenters. The van der Waals surface area contributed by atoms with Gasteiger partial charge in [0, 0.05) is 12.8 Å². The summed E-state index contributed by atoms with van der Waals surface area (Å²) in [7, 11) is 0. The first-order valence-corrected chi connectivity index (χ1v) is 10.4. The van der Waals surface area contributed by atoms with Gasteiger partial charge in [0.25, 0.3) is 0 Å². The summed E-state index contributed by atoms with van der Waals surface area (Å²) in [6.45, 7) is 6.49. The van der Waals surface area contributed by atoms with E-state index in [0.29, 0.717) is 17.3 Å². The molecular weight excluding hydrogens is 300 g/mol. The Morgan fingerprint density at radius 1 is 0.917 bits per heavy atom. The Bertz CT molecular complexity index is 513. The molecule has 4 aliphatic carbocycles. The number of fused-ring (bicyclic) bond motifs is 5. The van der Waals surface area contributed by atoms with Gasteiger partial charge in [0.05, 0.1) is 19.3 Å². The standard InChI is InChI=1S/C21H34O3/c1-19-7-3-4-16(19)15-6-5-14-12-21(23-10-11-24-21)9-8-20(14,2)18(15)17(22)13-19/h14-18,22H,3-13H2,1-2H3/t14-,15-,16+,17+,18-,19+,20-/m0/s1. The summed E-state index contributed by atoms with van der Waals surface area (Å²) in [6, 6.07) is 0. The molecule has 0 aromatic heterocycles. The van der Waals surface area contributed by atoms with Crippen LogP contribution in [-0.2, 0) is 9.47 Å². The molecule has 1 spiro atoms. The van der Waals surface area contributed by atoms with Gasteiger partial charge in [-0.3, -0.25) is 0 Å². The number of hydrogen-bond donors (Lipinski definition) is 1. The lowest BCUT2D eigenvalue weighted by atomic mass is 9.44. The fourth-order valence-electron chi connectivity index (χ4n) is 8.09. The minimum Gasteiger partial charge on any atom is -0.393 e. The average molecular weight is 335 g/mol. The van der Waals surface area contributed by atoms with Crippen molar-refractivity contribution in [1.82, 2.24) is 0 Å². The van der Waals surface area contributed by atoms with E-state index in [-0.39, 0.29) is 17.3 Å². The van der Waals surface area contributed by atoms with Gasteiger partial charge in [-0.15, -0.1) is 0 Å². The molecule has 0 bridgehead atoms. The zero-order valence-electron chi connectivity index (χ0n) is 15.4. The molecule has 1 heterocycles. The lowest BCUT2D eigenvalue weighted by molar-refractivity contribution is -0.241. The summed E-state index contributed by atoms with van der Waals surface area (Å²) in [5.41, 5.74) is 0.699. The molecular formula is C21H34O3. The molecule has 24 heavy (non-hydrogen) atoms. The van der Waals surface area contributed by atoms with E-state index in [0.717, 1.165) is 44.3 Å². The van der Waals surface area contributed by atoms with Gasteiger partial charge < -0.3 is 14.6 Å². The maximum atomic E-state index is 11.2. The van der Waals surface area contributed by atoms with E-state index in [2.05, 4.69) is 13.8 Å². The van der Waals surface area contributed by atoms with E-state index in [1.807, 2.05) is 0 Å². The molecule has 4 saturated carbocycles. The molecule has 3 heteroatoms. The second-order valence-electron chi connectivity index (χ2n) is 10.2. The maximum absolute atomic E-state index is 11.2. The van der Waals surface area contributed by atoms with Crippen LogP contribution in [0.25, 0.3) is 0 Å². The van der Waals surface area contributed by atoms with Crippen molar-refractivity contribution in [2.45, 2.75) is 83.5 Å². The first-order chi connectivity index (χ1) is 11.5. The van der Waals surface area contributed by atoms with Crippen LogP contribution in [0, 0.1) is 34.5 Å². The molecule has 0 radical (unpaired) electrons. The van der Waals surface area contributed by atoms with Crippen molar-refractivity contribution in [3.05, 3.63) is 0 Å². The highest BCUT2D eigenvalue weighted by molar-refractivity contribution is 5.11. The molecule has 3 nitrogen and oxygen atoms in total. The Hall–Kier alpha value is -0.120. The van der Waals surface area contributed by atoms with Crippen molar-refractivity contribution >= 4 is 0 Å². The van der Waals surface area contributed by atoms with Crippen molar-refractivity contribution < 1.29 is 14.6 Å². The molecule has 1 saturated heterocycles. The van der Waals surface area contributed by atoms with Gasteiger partial charge in [-0.1, -0.05) is 20.3 Å². The van der Waals surface area contributed by atoms with Gasteiger partial charge in [-0.2, -0.15) is 0 Å². The van der Waals surface area contributed by atoms with E-state index < -0.39 is 0 Å². The first kappa shape index (κ1) is 16.1. The van der Waals surface area contributed by atoms with Gasteiger partial charge in [-0.25, -0.2) is 0 Å². The topological polar surface area (TPSA) is 38.7 Å². The highest BCUT2D eigenvalue weighted by Crippen LogP contribution is 2.67. The molecule has 0 aromatic rings. The van der Waals surface area contributed by atoms with Crippen LogP contribution in [0.5, 0.6) is 0 Å². The van der Waals surface area contributed by atoms with Crippen LogP contribution in [0.1, 0.15) is 71.6 Å². The highest BCUT2D eigenvalue weighted by Gasteiger charge is 2.62. The van der Waals surface area contributed by atoms with Crippen LogP contribution >= 0.6 is 0 Å². The predicted molar refractivity (Wildman–Crippen MR) is 92.4 cm³/mol. The number of rotatable bonds is 0. The summed E-state index contributed by atoms with van der Waals surface area (Å²) in [5, 5.41) is 11.2. The predicted octanol–water partition coefficient (Wildman–Crippen LogP) is 4.13. The molecule has 5 fully saturated rings. The number of hydrogen-bond acceptors (Lipinski definition) is 3. The van der Waals surface area contributed by atoms with E-state index in [4.69, 9.17) is 9.47 Å². The normalized spacial score (nSPS) is 55.9. The fraction of sp³-hybridized carbons (Fsp3) is 1.00. The van der Waals surface area contributed by atoms with Crippen LogP contribution in [-0.4, -0.2) is 30.2 Å². The van der Waals surface area contributed by atoms with Crippen molar-refractivity contribution in [3.63, 3.8) is 0 Å². The third-order valence-electron chi connectivity index (χ3n) is 9.18. The molecule has 1 N–H and O–H groups in total. The lowest BCUT2D eigenvalue weighted by Crippen LogP contribution is -2.59. The zero-order chi connectivity index (χ0) is 16.6. The minimum atomic E-state index is -0.279. The average Bonchev–Trinajstić information content (AvgIpc) is 3.14. The number of aliphatic hydroxyl groups excluding tert-OH is 1. The van der Waals surface area contributed by atoms with Crippen molar-refractivity contribution in [2.75, 3.05) is 13.2 Å². The Morgan fingerprint density at radius 3 is 2.50 bits per heavy atom. The Kier molecular flexibility index (Phi) is 3.49. The molecule has 0 aromatic carbocycles. The summed E-state index contributed by atoms with van der Waals surface area (Å²) in [5.74, 6) is 2.50. The number of aliphatic hydroxyl groups is 1. The quantitative estimate of drug-likeness (QED) is 0.724. The van der Waals surface area contributed by atoms with Gasteiger partial charge in [-0.05, 0) is 73.0 Å². The first-order valence-electron chi connectivity index (χ1n) is 10.4. The summed E-state index contributed by atoms with van der Waals surface area (Å²) >= 11 is 0. The third kappa shape index (κ3) is 2.07. The van der Waals surface area contributed by atoms with Crippen LogP contribution in [0.2, 0.25) is 0 Å². The summed E-state index contributed by atoms with van der Waals surface area (Å²) < 4.78 is 12.1. The molecule has 5 rings (SSSR count). The van der Waals surface area contributed by atoms with E-state index >= 15 is 0 Å². The van der Waals surface area contributed by atoms with Crippen molar-refractivity contribution in [3.8, 4) is 0 Å². The maximum Gasteiger partial charge on any atom is 0.168 e. The zero-order valence-corrected chi connectivity index (χ0v) is 15.4. The van der Waals surface area contributed by atoms with Gasteiger partial charge in [0.1, 0.15) is 0 Å². The summed E-state index contributed by atoms with van der Waals surface area (Å²) in [4.78, 5) is 0. The van der Waals surface area contributed by atoms with E-state index in [9.17, 15) is 5.11 Å². The monoisotopic (exact) mass is 334 g/mol. The van der Waals surface area contributed by atoms with Crippen LogP contribution in [0.4, 0.5) is 0 Å². The van der Waals surface area contributed by atoms with Crippen LogP contribution in [0.3, 0.4) is 0 Å². The molecule has 136 valence electrons. The SMILES string of the molecule is C[C@]12CCC[C@@H]1[C@@H]1CC[C@H]3CC4(CC[C@]3(C)[C@@H]1[C@H](O)C2)OCCO4. The van der Waals surface area contributed by atoms with Crippen molar-refractivity contribution in [1.29, 1.82) is 0 Å². The fourth-order valence-corrected chi connectivity index (χ4v) is 8.09. The van der Waals surface area contributed by atoms with Crippen LogP contribution < -0.4 is 0 Å². The van der Waals surface area contributed by atoms with Gasteiger partial charge in [0.15, 0.2) is 5.79 Å². The van der Waals surface area contributed by atoms with Crippen molar-refractivity contribution in [2.24, 2.45) is 34.5 Å². The highest BCUT2D eigenvalue weighted by atomic mass is 16.7. The summed E-state index contributed by atoms with van der Waals surface area (Å²) in [6.07, 6.45) is 10.9.